The van der Waals surface area contributed by atoms with Crippen molar-refractivity contribution in [1.29, 1.82) is 0 Å². The molecule has 0 spiro atoms. The molecule has 0 bridgehead atoms. The SMILES string of the molecule is CC(CC1CCCCCN1)NC(C)C(=O)NC(C)(C)C. The van der Waals surface area contributed by atoms with E-state index in [9.17, 15) is 4.79 Å². The summed E-state index contributed by atoms with van der Waals surface area (Å²) in [4.78, 5) is 12.1. The van der Waals surface area contributed by atoms with E-state index in [1.807, 2.05) is 27.7 Å². The second-order valence-corrected chi connectivity index (χ2v) is 7.26. The monoisotopic (exact) mass is 283 g/mol. The number of hydrogen-bond acceptors (Lipinski definition) is 3. The van der Waals surface area contributed by atoms with Crippen LogP contribution in [0, 0.1) is 0 Å². The maximum atomic E-state index is 12.1. The molecule has 20 heavy (non-hydrogen) atoms. The van der Waals surface area contributed by atoms with Crippen molar-refractivity contribution in [2.75, 3.05) is 6.54 Å². The number of carbonyl (C=O) groups excluding carboxylic acids is 1. The van der Waals surface area contributed by atoms with Crippen LogP contribution < -0.4 is 16.0 Å². The highest BCUT2D eigenvalue weighted by atomic mass is 16.2. The fourth-order valence-electron chi connectivity index (χ4n) is 2.78. The van der Waals surface area contributed by atoms with Crippen LogP contribution in [0.3, 0.4) is 0 Å². The highest BCUT2D eigenvalue weighted by molar-refractivity contribution is 5.81. The number of rotatable bonds is 5. The predicted octanol–water partition coefficient (Wildman–Crippen LogP) is 2.19. The number of nitrogens with one attached hydrogen (secondary N) is 3. The third-order valence-corrected chi connectivity index (χ3v) is 3.73. The van der Waals surface area contributed by atoms with E-state index >= 15 is 0 Å². The van der Waals surface area contributed by atoms with Gasteiger partial charge in [0.25, 0.3) is 0 Å². The largest absolute Gasteiger partial charge is 0.350 e. The van der Waals surface area contributed by atoms with Gasteiger partial charge in [0.05, 0.1) is 6.04 Å². The molecule has 1 fully saturated rings. The Labute approximate surface area is 124 Å². The van der Waals surface area contributed by atoms with Crippen LogP contribution in [0.2, 0.25) is 0 Å². The minimum absolute atomic E-state index is 0.0816. The Morgan fingerprint density at radius 3 is 2.60 bits per heavy atom. The summed E-state index contributed by atoms with van der Waals surface area (Å²) in [6.45, 7) is 11.3. The number of hydrogen-bond donors (Lipinski definition) is 3. The molecule has 3 atom stereocenters. The van der Waals surface area contributed by atoms with Gasteiger partial charge in [0.1, 0.15) is 0 Å². The van der Waals surface area contributed by atoms with Gasteiger partial charge in [-0.1, -0.05) is 12.8 Å². The van der Waals surface area contributed by atoms with Crippen molar-refractivity contribution in [2.45, 2.75) is 90.4 Å². The smallest absolute Gasteiger partial charge is 0.237 e. The van der Waals surface area contributed by atoms with Crippen molar-refractivity contribution in [3.8, 4) is 0 Å². The first-order valence-corrected chi connectivity index (χ1v) is 8.09. The van der Waals surface area contributed by atoms with E-state index in [1.165, 1.54) is 25.7 Å². The summed E-state index contributed by atoms with van der Waals surface area (Å²) < 4.78 is 0. The topological polar surface area (TPSA) is 53.2 Å². The van der Waals surface area contributed by atoms with Gasteiger partial charge in [0, 0.05) is 17.6 Å². The molecule has 4 nitrogen and oxygen atoms in total. The van der Waals surface area contributed by atoms with Crippen LogP contribution >= 0.6 is 0 Å². The van der Waals surface area contributed by atoms with Crippen LogP contribution in [-0.4, -0.2) is 36.1 Å². The maximum absolute atomic E-state index is 12.1. The van der Waals surface area contributed by atoms with Gasteiger partial charge in [0.2, 0.25) is 5.91 Å². The van der Waals surface area contributed by atoms with Gasteiger partial charge < -0.3 is 16.0 Å². The molecular formula is C16H33N3O. The fourth-order valence-corrected chi connectivity index (χ4v) is 2.78. The molecule has 1 aliphatic rings. The summed E-state index contributed by atoms with van der Waals surface area (Å²) in [5.74, 6) is 0.0816. The molecule has 1 heterocycles. The first-order valence-electron chi connectivity index (χ1n) is 8.09. The summed E-state index contributed by atoms with van der Waals surface area (Å²) in [5, 5.41) is 10.1. The standard InChI is InChI=1S/C16H33N3O/c1-12(11-14-9-7-6-8-10-17-14)18-13(2)15(20)19-16(3,4)5/h12-14,17-18H,6-11H2,1-5H3,(H,19,20). The first-order chi connectivity index (χ1) is 9.28. The quantitative estimate of drug-likeness (QED) is 0.725. The van der Waals surface area contributed by atoms with E-state index in [4.69, 9.17) is 0 Å². The van der Waals surface area contributed by atoms with Crippen molar-refractivity contribution in [3.05, 3.63) is 0 Å². The summed E-state index contributed by atoms with van der Waals surface area (Å²) in [6, 6.07) is 0.805. The van der Waals surface area contributed by atoms with Gasteiger partial charge in [0.15, 0.2) is 0 Å². The molecule has 1 saturated heterocycles. The van der Waals surface area contributed by atoms with E-state index in [2.05, 4.69) is 22.9 Å². The zero-order valence-corrected chi connectivity index (χ0v) is 13.9. The van der Waals surface area contributed by atoms with Crippen LogP contribution in [0.1, 0.15) is 66.7 Å². The molecule has 0 radical (unpaired) electrons. The highest BCUT2D eigenvalue weighted by Crippen LogP contribution is 2.13. The van der Waals surface area contributed by atoms with Crippen LogP contribution in [-0.2, 0) is 4.79 Å². The van der Waals surface area contributed by atoms with Crippen LogP contribution in [0.15, 0.2) is 0 Å². The zero-order chi connectivity index (χ0) is 15.2. The molecule has 0 aromatic rings. The fraction of sp³-hybridized carbons (Fsp3) is 0.938. The molecule has 1 aliphatic heterocycles. The summed E-state index contributed by atoms with van der Waals surface area (Å²) in [7, 11) is 0. The number of carbonyl (C=O) groups is 1. The summed E-state index contributed by atoms with van der Waals surface area (Å²) in [5.41, 5.74) is -0.168. The van der Waals surface area contributed by atoms with Gasteiger partial charge in [-0.2, -0.15) is 0 Å². The summed E-state index contributed by atoms with van der Waals surface area (Å²) in [6.07, 6.45) is 6.31. The van der Waals surface area contributed by atoms with Crippen molar-refractivity contribution < 1.29 is 4.79 Å². The van der Waals surface area contributed by atoms with Crippen LogP contribution in [0.5, 0.6) is 0 Å². The van der Waals surface area contributed by atoms with Crippen molar-refractivity contribution >= 4 is 5.91 Å². The van der Waals surface area contributed by atoms with Gasteiger partial charge >= 0.3 is 0 Å². The van der Waals surface area contributed by atoms with Crippen molar-refractivity contribution in [2.24, 2.45) is 0 Å². The van der Waals surface area contributed by atoms with Gasteiger partial charge in [-0.3, -0.25) is 4.79 Å². The van der Waals surface area contributed by atoms with Crippen LogP contribution in [0.4, 0.5) is 0 Å². The van der Waals surface area contributed by atoms with Gasteiger partial charge in [-0.15, -0.1) is 0 Å². The van der Waals surface area contributed by atoms with E-state index in [0.717, 1.165) is 13.0 Å². The lowest BCUT2D eigenvalue weighted by Crippen LogP contribution is -2.52. The third kappa shape index (κ3) is 7.25. The lowest BCUT2D eigenvalue weighted by molar-refractivity contribution is -0.124. The second kappa shape index (κ2) is 7.99. The third-order valence-electron chi connectivity index (χ3n) is 3.73. The second-order valence-electron chi connectivity index (χ2n) is 7.26. The van der Waals surface area contributed by atoms with Crippen molar-refractivity contribution in [3.63, 3.8) is 0 Å². The van der Waals surface area contributed by atoms with E-state index < -0.39 is 0 Å². The molecule has 0 aromatic heterocycles. The molecule has 0 aliphatic carbocycles. The highest BCUT2D eigenvalue weighted by Gasteiger charge is 2.22. The Bertz CT molecular complexity index is 291. The first kappa shape index (κ1) is 17.4. The average Bonchev–Trinajstić information content (AvgIpc) is 2.55. The summed E-state index contributed by atoms with van der Waals surface area (Å²) >= 11 is 0. The lowest BCUT2D eigenvalue weighted by Gasteiger charge is -2.27. The number of amides is 1. The average molecular weight is 283 g/mol. The maximum Gasteiger partial charge on any atom is 0.237 e. The molecule has 0 aromatic carbocycles. The Balaban J connectivity index is 2.33. The zero-order valence-electron chi connectivity index (χ0n) is 13.9. The normalized spacial score (nSPS) is 23.8. The molecule has 1 amide bonds. The van der Waals surface area contributed by atoms with Crippen molar-refractivity contribution in [1.82, 2.24) is 16.0 Å². The Morgan fingerprint density at radius 1 is 1.25 bits per heavy atom. The molecular weight excluding hydrogens is 250 g/mol. The minimum Gasteiger partial charge on any atom is -0.350 e. The lowest BCUT2D eigenvalue weighted by atomic mass is 10.0. The molecule has 3 unspecified atom stereocenters. The molecule has 3 N–H and O–H groups in total. The van der Waals surface area contributed by atoms with E-state index in [-0.39, 0.29) is 17.5 Å². The Hall–Kier alpha value is -0.610. The van der Waals surface area contributed by atoms with E-state index in [0.29, 0.717) is 12.1 Å². The van der Waals surface area contributed by atoms with Gasteiger partial charge in [-0.25, -0.2) is 0 Å². The van der Waals surface area contributed by atoms with E-state index in [1.54, 1.807) is 0 Å². The Kier molecular flexibility index (Phi) is 6.96. The molecule has 4 heteroatoms. The van der Waals surface area contributed by atoms with Crippen LogP contribution in [0.25, 0.3) is 0 Å². The molecule has 1 rings (SSSR count). The van der Waals surface area contributed by atoms with Gasteiger partial charge in [-0.05, 0) is 60.4 Å². The molecule has 118 valence electrons. The molecule has 0 saturated carbocycles. The Morgan fingerprint density at radius 2 is 1.95 bits per heavy atom. The predicted molar refractivity (Wildman–Crippen MR) is 84.8 cm³/mol. The minimum atomic E-state index is -0.168.